The highest BCUT2D eigenvalue weighted by Gasteiger charge is 2.63. The number of likely N-dealkylation sites (tertiary alicyclic amines) is 1. The van der Waals surface area contributed by atoms with Crippen molar-refractivity contribution in [1.82, 2.24) is 15.2 Å². The van der Waals surface area contributed by atoms with Crippen LogP contribution in [0, 0.1) is 25.7 Å². The van der Waals surface area contributed by atoms with Gasteiger partial charge in [0, 0.05) is 31.0 Å². The summed E-state index contributed by atoms with van der Waals surface area (Å²) >= 11 is 0. The molecule has 4 atom stereocenters. The lowest BCUT2D eigenvalue weighted by atomic mass is 9.73. The van der Waals surface area contributed by atoms with E-state index < -0.39 is 0 Å². The van der Waals surface area contributed by atoms with E-state index in [0.29, 0.717) is 31.0 Å². The summed E-state index contributed by atoms with van der Waals surface area (Å²) in [6.07, 6.45) is 1.97. The van der Waals surface area contributed by atoms with Gasteiger partial charge in [0.1, 0.15) is 17.2 Å². The van der Waals surface area contributed by atoms with E-state index in [9.17, 15) is 14.4 Å². The summed E-state index contributed by atoms with van der Waals surface area (Å²) in [5, 5.41) is 2.94. The molecule has 2 N–H and O–H groups in total. The molecule has 5 heterocycles. The number of rotatable bonds is 4. The second kappa shape index (κ2) is 6.84. The molecule has 3 aliphatic rings. The van der Waals surface area contributed by atoms with E-state index in [-0.39, 0.29) is 46.6 Å². The van der Waals surface area contributed by atoms with Crippen molar-refractivity contribution in [3.63, 3.8) is 0 Å². The molecule has 3 saturated heterocycles. The van der Waals surface area contributed by atoms with Gasteiger partial charge in [-0.05, 0) is 38.8 Å². The highest BCUT2D eigenvalue weighted by molar-refractivity contribution is 5.95. The molecule has 0 unspecified atom stereocenters. The minimum absolute atomic E-state index is 0.0233. The van der Waals surface area contributed by atoms with Crippen LogP contribution in [0.2, 0.25) is 0 Å². The first-order valence-corrected chi connectivity index (χ1v) is 10.4. The highest BCUT2D eigenvalue weighted by atomic mass is 16.5. The van der Waals surface area contributed by atoms with E-state index in [1.54, 1.807) is 18.2 Å². The molecule has 0 aromatic carbocycles. The second-order valence-corrected chi connectivity index (χ2v) is 8.68. The second-order valence-electron chi connectivity index (χ2n) is 8.68. The lowest BCUT2D eigenvalue weighted by Gasteiger charge is -2.29. The Kier molecular flexibility index (Phi) is 4.36. The van der Waals surface area contributed by atoms with E-state index in [2.05, 4.69) is 10.3 Å². The average Bonchev–Trinajstić information content (AvgIpc) is 3.44. The molecule has 2 aromatic rings. The van der Waals surface area contributed by atoms with Gasteiger partial charge in [-0.1, -0.05) is 6.07 Å². The summed E-state index contributed by atoms with van der Waals surface area (Å²) in [4.78, 5) is 41.4. The zero-order chi connectivity index (χ0) is 21.0. The SMILES string of the molecule is Cc1cc(C(=O)N2C[C@@H]3[C@H](CNC(=O)c4cccc(=O)[nH]4)[C@H]4CC[C@]3(C2)O4)c(C)o1. The van der Waals surface area contributed by atoms with Crippen molar-refractivity contribution in [2.24, 2.45) is 11.8 Å². The number of aryl methyl sites for hydroxylation is 2. The van der Waals surface area contributed by atoms with Crippen LogP contribution < -0.4 is 10.9 Å². The molecule has 30 heavy (non-hydrogen) atoms. The number of hydrogen-bond acceptors (Lipinski definition) is 5. The van der Waals surface area contributed by atoms with E-state index in [4.69, 9.17) is 9.15 Å². The monoisotopic (exact) mass is 411 g/mol. The van der Waals surface area contributed by atoms with Gasteiger partial charge in [-0.25, -0.2) is 0 Å². The predicted octanol–water partition coefficient (Wildman–Crippen LogP) is 1.63. The van der Waals surface area contributed by atoms with E-state index >= 15 is 0 Å². The minimum atomic E-state index is -0.316. The molecule has 1 spiro atoms. The van der Waals surface area contributed by atoms with Crippen LogP contribution in [0.4, 0.5) is 0 Å². The summed E-state index contributed by atoms with van der Waals surface area (Å²) in [5.74, 6) is 1.36. The van der Waals surface area contributed by atoms with Crippen LogP contribution in [0.1, 0.15) is 45.2 Å². The van der Waals surface area contributed by atoms with Crippen LogP contribution in [0.5, 0.6) is 0 Å². The molecule has 2 bridgehead atoms. The van der Waals surface area contributed by atoms with Gasteiger partial charge in [0.25, 0.3) is 11.8 Å². The first-order valence-electron chi connectivity index (χ1n) is 10.4. The smallest absolute Gasteiger partial charge is 0.267 e. The molecule has 158 valence electrons. The van der Waals surface area contributed by atoms with Gasteiger partial charge in [-0.2, -0.15) is 0 Å². The van der Waals surface area contributed by atoms with E-state index in [1.807, 2.05) is 18.7 Å². The standard InChI is InChI=1S/C22H25N3O5/c1-12-8-14(13(2)29-12)21(28)25-10-16-15(18-6-7-22(16,11-25)30-18)9-23-20(27)17-4-3-5-19(26)24-17/h3-5,8,15-16,18H,6-7,9-11H2,1-2H3,(H,23,27)(H,24,26)/t15-,16+,18+,22+/m0/s1. The van der Waals surface area contributed by atoms with Gasteiger partial charge < -0.3 is 24.4 Å². The Labute approximate surface area is 173 Å². The molecule has 2 aromatic heterocycles. The molecule has 0 saturated carbocycles. The molecule has 5 rings (SSSR count). The number of nitrogens with one attached hydrogen (secondary N) is 2. The molecule has 0 aliphatic carbocycles. The van der Waals surface area contributed by atoms with Gasteiger partial charge in [-0.3, -0.25) is 14.4 Å². The van der Waals surface area contributed by atoms with E-state index in [0.717, 1.165) is 18.6 Å². The van der Waals surface area contributed by atoms with Crippen LogP contribution in [0.15, 0.2) is 33.5 Å². The summed E-state index contributed by atoms with van der Waals surface area (Å²) in [5.41, 5.74) is 0.231. The number of aromatic amines is 1. The zero-order valence-electron chi connectivity index (χ0n) is 17.1. The third-order valence-corrected chi connectivity index (χ3v) is 6.85. The number of furan rings is 1. The number of carbonyl (C=O) groups excluding carboxylic acids is 2. The summed E-state index contributed by atoms with van der Waals surface area (Å²) in [7, 11) is 0. The van der Waals surface area contributed by atoms with Crippen LogP contribution >= 0.6 is 0 Å². The Hall–Kier alpha value is -2.87. The molecule has 2 amide bonds. The van der Waals surface area contributed by atoms with Gasteiger partial charge >= 0.3 is 0 Å². The van der Waals surface area contributed by atoms with Crippen molar-refractivity contribution in [1.29, 1.82) is 0 Å². The van der Waals surface area contributed by atoms with Crippen molar-refractivity contribution in [3.8, 4) is 0 Å². The van der Waals surface area contributed by atoms with Gasteiger partial charge in [0.05, 0.1) is 23.8 Å². The normalized spacial score (nSPS) is 29.3. The van der Waals surface area contributed by atoms with Gasteiger partial charge in [-0.15, -0.1) is 0 Å². The number of nitrogens with zero attached hydrogens (tertiary/aromatic N) is 1. The molecule has 8 heteroatoms. The van der Waals surface area contributed by atoms with Crippen LogP contribution in [0.25, 0.3) is 0 Å². The lowest BCUT2D eigenvalue weighted by Crippen LogP contribution is -2.42. The molecule has 0 radical (unpaired) electrons. The van der Waals surface area contributed by atoms with Crippen LogP contribution in [-0.2, 0) is 4.74 Å². The van der Waals surface area contributed by atoms with Crippen LogP contribution in [0.3, 0.4) is 0 Å². The summed E-state index contributed by atoms with van der Waals surface area (Å²) in [6.45, 7) is 5.29. The lowest BCUT2D eigenvalue weighted by molar-refractivity contribution is 0.00315. The van der Waals surface area contributed by atoms with Gasteiger partial charge in [0.2, 0.25) is 5.56 Å². The number of H-pyrrole nitrogens is 1. The maximum Gasteiger partial charge on any atom is 0.267 e. The highest BCUT2D eigenvalue weighted by Crippen LogP contribution is 2.54. The average molecular weight is 411 g/mol. The van der Waals surface area contributed by atoms with Crippen molar-refractivity contribution in [2.45, 2.75) is 38.4 Å². The third kappa shape index (κ3) is 2.98. The Morgan fingerprint density at radius 3 is 2.90 bits per heavy atom. The van der Waals surface area contributed by atoms with Gasteiger partial charge in [0.15, 0.2) is 0 Å². The molecular formula is C22H25N3O5. The number of fused-ring (bicyclic) bond motifs is 1. The van der Waals surface area contributed by atoms with Crippen molar-refractivity contribution >= 4 is 11.8 Å². The number of carbonyl (C=O) groups is 2. The molecule has 3 fully saturated rings. The fourth-order valence-corrected chi connectivity index (χ4v) is 5.52. The number of amides is 2. The predicted molar refractivity (Wildman–Crippen MR) is 107 cm³/mol. The fourth-order valence-electron chi connectivity index (χ4n) is 5.52. The minimum Gasteiger partial charge on any atom is -0.466 e. The molecule has 8 nitrogen and oxygen atoms in total. The maximum atomic E-state index is 13.1. The third-order valence-electron chi connectivity index (χ3n) is 6.85. The summed E-state index contributed by atoms with van der Waals surface area (Å²) in [6, 6.07) is 6.31. The number of ether oxygens (including phenoxy) is 1. The number of hydrogen-bond donors (Lipinski definition) is 2. The largest absolute Gasteiger partial charge is 0.466 e. The maximum absolute atomic E-state index is 13.1. The van der Waals surface area contributed by atoms with E-state index in [1.165, 1.54) is 6.07 Å². The first-order chi connectivity index (χ1) is 14.4. The van der Waals surface area contributed by atoms with Crippen molar-refractivity contribution in [3.05, 3.63) is 57.4 Å². The Morgan fingerprint density at radius 1 is 1.33 bits per heavy atom. The first kappa shape index (κ1) is 19.1. The Bertz CT molecular complexity index is 1070. The molecular weight excluding hydrogens is 386 g/mol. The Balaban J connectivity index is 1.29. The fraction of sp³-hybridized carbons (Fsp3) is 0.500. The summed E-state index contributed by atoms with van der Waals surface area (Å²) < 4.78 is 11.9. The number of aromatic nitrogens is 1. The van der Waals surface area contributed by atoms with Crippen LogP contribution in [-0.4, -0.2) is 53.0 Å². The number of pyridine rings is 1. The van der Waals surface area contributed by atoms with Crippen molar-refractivity contribution in [2.75, 3.05) is 19.6 Å². The topological polar surface area (TPSA) is 105 Å². The van der Waals surface area contributed by atoms with Crippen molar-refractivity contribution < 1.29 is 18.7 Å². The zero-order valence-corrected chi connectivity index (χ0v) is 17.1. The molecule has 3 aliphatic heterocycles. The Morgan fingerprint density at radius 2 is 2.17 bits per heavy atom. The quantitative estimate of drug-likeness (QED) is 0.796.